The first-order valence-corrected chi connectivity index (χ1v) is 2.67. The van der Waals surface area contributed by atoms with E-state index in [1.165, 1.54) is 0 Å². The van der Waals surface area contributed by atoms with Crippen LogP contribution >= 0.6 is 0 Å². The van der Waals surface area contributed by atoms with Crippen molar-refractivity contribution in [3.63, 3.8) is 0 Å². The number of rotatable bonds is 0. The minimum atomic E-state index is -4.92. The van der Waals surface area contributed by atoms with Gasteiger partial charge in [-0.2, -0.15) is 0 Å². The minimum absolute atomic E-state index is 0.750. The van der Waals surface area contributed by atoms with E-state index in [-0.39, 0.29) is 0 Å². The van der Waals surface area contributed by atoms with Crippen LogP contribution in [0.5, 0.6) is 0 Å². The van der Waals surface area contributed by atoms with Crippen LogP contribution in [0.4, 0.5) is 0 Å². The van der Waals surface area contributed by atoms with E-state index >= 15 is 0 Å². The lowest BCUT2D eigenvalue weighted by atomic mass is 11.4. The predicted octanol–water partition coefficient (Wildman–Crippen LogP) is -1.44. The average molecular weight is 141 g/mol. The second kappa shape index (κ2) is 4.50. The van der Waals surface area contributed by atoms with Crippen LogP contribution in [0.2, 0.25) is 0 Å². The summed E-state index contributed by atoms with van der Waals surface area (Å²) in [4.78, 5) is 0. The van der Waals surface area contributed by atoms with Gasteiger partial charge in [-0.25, -0.2) is 8.42 Å². The van der Waals surface area contributed by atoms with Crippen molar-refractivity contribution in [2.45, 2.75) is 0 Å². The van der Waals surface area contributed by atoms with Crippen LogP contribution in [0.25, 0.3) is 0 Å². The SMILES string of the molecule is N=CN.O=S(=O)([O-])O. The zero-order chi connectivity index (χ0) is 7.21. The van der Waals surface area contributed by atoms with Gasteiger partial charge in [0.1, 0.15) is 0 Å². The van der Waals surface area contributed by atoms with Crippen molar-refractivity contribution in [1.82, 2.24) is 0 Å². The summed E-state index contributed by atoms with van der Waals surface area (Å²) in [6.45, 7) is 0. The second-order valence-corrected chi connectivity index (χ2v) is 1.45. The smallest absolute Gasteiger partial charge is 0.215 e. The molecule has 6 nitrogen and oxygen atoms in total. The van der Waals surface area contributed by atoms with Crippen molar-refractivity contribution in [2.24, 2.45) is 5.73 Å². The molecule has 0 aromatic rings. The molecule has 0 heterocycles. The van der Waals surface area contributed by atoms with E-state index in [1.807, 2.05) is 0 Å². The first kappa shape index (κ1) is 10.3. The van der Waals surface area contributed by atoms with E-state index in [0.29, 0.717) is 0 Å². The van der Waals surface area contributed by atoms with Gasteiger partial charge >= 0.3 is 0 Å². The normalized spacial score (nSPS) is 8.75. The van der Waals surface area contributed by atoms with E-state index in [9.17, 15) is 0 Å². The summed E-state index contributed by atoms with van der Waals surface area (Å²) in [5.74, 6) is 0. The summed E-state index contributed by atoms with van der Waals surface area (Å²) >= 11 is 0. The lowest BCUT2D eigenvalue weighted by molar-refractivity contribution is 0.366. The van der Waals surface area contributed by atoms with E-state index in [2.05, 4.69) is 5.73 Å². The molecule has 0 saturated carbocycles. The second-order valence-electron chi connectivity index (χ2n) is 0.594. The van der Waals surface area contributed by atoms with Crippen LogP contribution in [0.3, 0.4) is 0 Å². The Morgan fingerprint density at radius 3 is 1.75 bits per heavy atom. The van der Waals surface area contributed by atoms with Gasteiger partial charge < -0.3 is 10.3 Å². The first-order chi connectivity index (χ1) is 3.41. The fourth-order valence-electron chi connectivity index (χ4n) is 0. The molecule has 0 bridgehead atoms. The summed E-state index contributed by atoms with van der Waals surface area (Å²) in [6.07, 6.45) is 0.750. The monoisotopic (exact) mass is 141 g/mol. The van der Waals surface area contributed by atoms with Gasteiger partial charge in [0.2, 0.25) is 10.4 Å². The summed E-state index contributed by atoms with van der Waals surface area (Å²) in [5, 5.41) is 5.86. The molecule has 0 aliphatic rings. The molecule has 0 rings (SSSR count). The molecule has 0 radical (unpaired) electrons. The minimum Gasteiger partial charge on any atom is -0.726 e. The predicted molar refractivity (Wildman–Crippen MR) is 25.3 cm³/mol. The van der Waals surface area contributed by atoms with Gasteiger partial charge in [0, 0.05) is 0 Å². The van der Waals surface area contributed by atoms with Crippen LogP contribution in [-0.2, 0) is 10.4 Å². The molecule has 0 atom stereocenters. The van der Waals surface area contributed by atoms with Crippen LogP contribution in [0, 0.1) is 5.41 Å². The largest absolute Gasteiger partial charge is 0.726 e. The highest BCUT2D eigenvalue weighted by molar-refractivity contribution is 7.79. The van der Waals surface area contributed by atoms with E-state index in [4.69, 9.17) is 22.9 Å². The zero-order valence-electron chi connectivity index (χ0n) is 3.73. The number of hydrogen-bond donors (Lipinski definition) is 3. The van der Waals surface area contributed by atoms with Crippen LogP contribution in [0.1, 0.15) is 0 Å². The van der Waals surface area contributed by atoms with Gasteiger partial charge in [0.15, 0.2) is 0 Å². The molecule has 50 valence electrons. The molecule has 8 heavy (non-hydrogen) atoms. The van der Waals surface area contributed by atoms with E-state index in [0.717, 1.165) is 6.34 Å². The van der Waals surface area contributed by atoms with Gasteiger partial charge in [0.25, 0.3) is 0 Å². The Morgan fingerprint density at radius 1 is 1.75 bits per heavy atom. The third-order valence-corrected chi connectivity index (χ3v) is 0. The molecule has 0 aromatic heterocycles. The maximum absolute atomic E-state index is 8.63. The highest BCUT2D eigenvalue weighted by Crippen LogP contribution is 1.58. The van der Waals surface area contributed by atoms with Crippen LogP contribution in [-0.4, -0.2) is 23.9 Å². The molecule has 0 spiro atoms. The van der Waals surface area contributed by atoms with Crippen molar-refractivity contribution >= 4 is 16.7 Å². The summed E-state index contributed by atoms with van der Waals surface area (Å²) in [7, 11) is -4.92. The molecule has 0 saturated heterocycles. The van der Waals surface area contributed by atoms with E-state index < -0.39 is 10.4 Å². The molecule has 0 aliphatic carbocycles. The Labute approximate surface area is 46.4 Å². The standard InChI is InChI=1S/CH4N2.H2O4S/c2-1-3;1-5(2,3)4/h1H,(H3,2,3);(H2,1,2,3,4)/p-1. The maximum Gasteiger partial charge on any atom is 0.215 e. The Bertz CT molecular complexity index is 128. The highest BCUT2D eigenvalue weighted by Gasteiger charge is 1.67. The fraction of sp³-hybridized carbons (Fsp3) is 0. The average Bonchev–Trinajstić information content (AvgIpc) is 1.27. The van der Waals surface area contributed by atoms with Crippen LogP contribution < -0.4 is 5.73 Å². The molecule has 0 fully saturated rings. The van der Waals surface area contributed by atoms with Gasteiger partial charge in [0.05, 0.1) is 6.34 Å². The number of hydrogen-bond acceptors (Lipinski definition) is 4. The van der Waals surface area contributed by atoms with Gasteiger partial charge in [-0.15, -0.1) is 0 Å². The van der Waals surface area contributed by atoms with Crippen molar-refractivity contribution in [1.29, 1.82) is 5.41 Å². The van der Waals surface area contributed by atoms with Crippen molar-refractivity contribution in [3.8, 4) is 0 Å². The highest BCUT2D eigenvalue weighted by atomic mass is 32.3. The fourth-order valence-corrected chi connectivity index (χ4v) is 0. The zero-order valence-corrected chi connectivity index (χ0v) is 4.55. The van der Waals surface area contributed by atoms with Crippen molar-refractivity contribution in [2.75, 3.05) is 0 Å². The Balaban J connectivity index is 0. The molecule has 7 heteroatoms. The Hall–Kier alpha value is -0.660. The van der Waals surface area contributed by atoms with Gasteiger partial charge in [-0.3, -0.25) is 9.96 Å². The third kappa shape index (κ3) is 231. The first-order valence-electron chi connectivity index (χ1n) is 1.30. The van der Waals surface area contributed by atoms with Crippen LogP contribution in [0.15, 0.2) is 0 Å². The summed E-state index contributed by atoms with van der Waals surface area (Å²) in [6, 6.07) is 0. The molecule has 0 aromatic carbocycles. The number of nitrogens with two attached hydrogens (primary N) is 1. The Kier molecular flexibility index (Phi) is 5.82. The summed E-state index contributed by atoms with van der Waals surface area (Å²) < 4.78 is 32.8. The molecule has 4 N–H and O–H groups in total. The summed E-state index contributed by atoms with van der Waals surface area (Å²) in [5.41, 5.74) is 4.39. The lowest BCUT2D eigenvalue weighted by Gasteiger charge is -1.88. The quantitative estimate of drug-likeness (QED) is 0.165. The molecular formula is CH5N2O4S-. The maximum atomic E-state index is 8.63. The third-order valence-electron chi connectivity index (χ3n) is 0. The van der Waals surface area contributed by atoms with Crippen molar-refractivity contribution < 1.29 is 17.5 Å². The Morgan fingerprint density at radius 2 is 1.75 bits per heavy atom. The molecule has 0 unspecified atom stereocenters. The topological polar surface area (TPSA) is 127 Å². The molecular weight excluding hydrogens is 136 g/mol. The van der Waals surface area contributed by atoms with Crippen molar-refractivity contribution in [3.05, 3.63) is 0 Å². The van der Waals surface area contributed by atoms with Gasteiger partial charge in [-0.05, 0) is 0 Å². The van der Waals surface area contributed by atoms with E-state index in [1.54, 1.807) is 0 Å². The van der Waals surface area contributed by atoms with Gasteiger partial charge in [-0.1, -0.05) is 0 Å². The molecule has 0 amide bonds. The number of nitrogens with one attached hydrogen (secondary N) is 1. The lowest BCUT2D eigenvalue weighted by Crippen LogP contribution is -1.90. The molecule has 0 aliphatic heterocycles.